The zero-order chi connectivity index (χ0) is 14.5. The molecule has 0 unspecified atom stereocenters. The number of nitrogens with one attached hydrogen (secondary N) is 2. The maximum atomic E-state index is 5.33. The summed E-state index contributed by atoms with van der Waals surface area (Å²) in [4.78, 5) is 12.6. The molecule has 20 heavy (non-hydrogen) atoms. The summed E-state index contributed by atoms with van der Waals surface area (Å²) in [6.45, 7) is 4.43. The molecule has 0 aliphatic carbocycles. The van der Waals surface area contributed by atoms with Crippen LogP contribution in [-0.2, 0) is 13.5 Å². The van der Waals surface area contributed by atoms with Crippen molar-refractivity contribution in [2.45, 2.75) is 20.3 Å². The van der Waals surface area contributed by atoms with Gasteiger partial charge in [0.2, 0.25) is 11.9 Å². The van der Waals surface area contributed by atoms with Crippen LogP contribution in [-0.4, -0.2) is 38.4 Å². The third-order valence-corrected chi connectivity index (χ3v) is 2.60. The number of aromatic nitrogens is 5. The Morgan fingerprint density at radius 3 is 2.60 bits per heavy atom. The van der Waals surface area contributed by atoms with Crippen molar-refractivity contribution in [2.75, 3.05) is 24.3 Å². The van der Waals surface area contributed by atoms with Gasteiger partial charge in [0.15, 0.2) is 0 Å². The van der Waals surface area contributed by atoms with E-state index in [0.29, 0.717) is 18.5 Å². The summed E-state index contributed by atoms with van der Waals surface area (Å²) in [6.07, 6.45) is 2.72. The van der Waals surface area contributed by atoms with E-state index in [1.54, 1.807) is 11.7 Å². The van der Waals surface area contributed by atoms with Crippen LogP contribution in [0.15, 0.2) is 6.20 Å². The molecule has 0 aliphatic heterocycles. The average molecular weight is 277 g/mol. The van der Waals surface area contributed by atoms with Gasteiger partial charge >= 0.3 is 6.01 Å². The number of nitrogens with zero attached hydrogens (tertiary/aromatic N) is 5. The van der Waals surface area contributed by atoms with Gasteiger partial charge in [0.1, 0.15) is 0 Å². The summed E-state index contributed by atoms with van der Waals surface area (Å²) in [5.41, 5.74) is 1.84. The molecule has 0 aromatic carbocycles. The highest BCUT2D eigenvalue weighted by Gasteiger charge is 2.10. The van der Waals surface area contributed by atoms with E-state index in [1.165, 1.54) is 0 Å². The fraction of sp³-hybridized carbons (Fsp3) is 0.500. The lowest BCUT2D eigenvalue weighted by atomic mass is 10.3. The minimum Gasteiger partial charge on any atom is -0.464 e. The fourth-order valence-corrected chi connectivity index (χ4v) is 1.74. The Bertz CT molecular complexity index is 581. The molecule has 108 valence electrons. The average Bonchev–Trinajstić information content (AvgIpc) is 2.78. The molecule has 2 N–H and O–H groups in total. The second kappa shape index (κ2) is 6.18. The van der Waals surface area contributed by atoms with Gasteiger partial charge in [-0.15, -0.1) is 0 Å². The predicted molar refractivity (Wildman–Crippen MR) is 76.4 cm³/mol. The van der Waals surface area contributed by atoms with E-state index in [1.807, 2.05) is 27.1 Å². The van der Waals surface area contributed by atoms with Gasteiger partial charge in [-0.05, 0) is 13.3 Å². The van der Waals surface area contributed by atoms with Crippen molar-refractivity contribution in [1.29, 1.82) is 0 Å². The van der Waals surface area contributed by atoms with Crippen molar-refractivity contribution >= 4 is 17.6 Å². The van der Waals surface area contributed by atoms with E-state index >= 15 is 0 Å². The van der Waals surface area contributed by atoms with E-state index in [9.17, 15) is 0 Å². The number of aryl methyl sites for hydroxylation is 2. The quantitative estimate of drug-likeness (QED) is 0.823. The van der Waals surface area contributed by atoms with Gasteiger partial charge < -0.3 is 15.4 Å². The van der Waals surface area contributed by atoms with Crippen LogP contribution in [0, 0.1) is 0 Å². The molecular formula is C12H19N7O. The van der Waals surface area contributed by atoms with Crippen molar-refractivity contribution in [1.82, 2.24) is 24.7 Å². The standard InChI is InChI=1S/C12H19N7O/c1-5-8-9(7-19(4)18-8)14-11-15-10(13-3)16-12(17-11)20-6-2/h7H,5-6H2,1-4H3,(H2,13,14,15,16,17). The molecule has 0 radical (unpaired) electrons. The summed E-state index contributed by atoms with van der Waals surface area (Å²) in [7, 11) is 3.62. The van der Waals surface area contributed by atoms with Crippen LogP contribution in [0.4, 0.5) is 17.6 Å². The Morgan fingerprint density at radius 2 is 1.95 bits per heavy atom. The normalized spacial score (nSPS) is 10.4. The maximum absolute atomic E-state index is 5.33. The first-order chi connectivity index (χ1) is 9.66. The van der Waals surface area contributed by atoms with Gasteiger partial charge in [0, 0.05) is 20.3 Å². The largest absolute Gasteiger partial charge is 0.464 e. The molecule has 2 heterocycles. The van der Waals surface area contributed by atoms with Crippen LogP contribution in [0.1, 0.15) is 19.5 Å². The molecule has 0 saturated heterocycles. The summed E-state index contributed by atoms with van der Waals surface area (Å²) >= 11 is 0. The van der Waals surface area contributed by atoms with E-state index in [4.69, 9.17) is 4.74 Å². The molecule has 2 rings (SSSR count). The van der Waals surface area contributed by atoms with Crippen LogP contribution in [0.25, 0.3) is 0 Å². The Morgan fingerprint density at radius 1 is 1.20 bits per heavy atom. The SMILES string of the molecule is CCOc1nc(NC)nc(Nc2cn(C)nc2CC)n1. The van der Waals surface area contributed by atoms with E-state index in [2.05, 4.69) is 30.7 Å². The van der Waals surface area contributed by atoms with Crippen LogP contribution in [0.3, 0.4) is 0 Å². The first-order valence-electron chi connectivity index (χ1n) is 6.52. The molecule has 2 aromatic rings. The first-order valence-corrected chi connectivity index (χ1v) is 6.52. The summed E-state index contributed by atoms with van der Waals surface area (Å²) in [5.74, 6) is 0.878. The van der Waals surface area contributed by atoms with Gasteiger partial charge in [-0.1, -0.05) is 6.92 Å². The predicted octanol–water partition coefficient (Wildman–Crippen LogP) is 1.35. The lowest BCUT2D eigenvalue weighted by molar-refractivity contribution is 0.312. The minimum absolute atomic E-state index is 0.288. The lowest BCUT2D eigenvalue weighted by Crippen LogP contribution is -2.07. The van der Waals surface area contributed by atoms with Crippen LogP contribution in [0.2, 0.25) is 0 Å². The fourth-order valence-electron chi connectivity index (χ4n) is 1.74. The summed E-state index contributed by atoms with van der Waals surface area (Å²) in [6, 6.07) is 0.288. The van der Waals surface area contributed by atoms with Crippen LogP contribution < -0.4 is 15.4 Å². The third-order valence-electron chi connectivity index (χ3n) is 2.60. The van der Waals surface area contributed by atoms with E-state index < -0.39 is 0 Å². The molecule has 8 nitrogen and oxygen atoms in total. The highest BCUT2D eigenvalue weighted by Crippen LogP contribution is 2.19. The molecule has 8 heteroatoms. The topological polar surface area (TPSA) is 89.8 Å². The zero-order valence-electron chi connectivity index (χ0n) is 12.1. The Kier molecular flexibility index (Phi) is 4.34. The summed E-state index contributed by atoms with van der Waals surface area (Å²) in [5, 5.41) is 10.4. The van der Waals surface area contributed by atoms with Crippen LogP contribution >= 0.6 is 0 Å². The molecule has 0 atom stereocenters. The monoisotopic (exact) mass is 277 g/mol. The molecule has 0 spiro atoms. The molecule has 0 bridgehead atoms. The number of anilines is 3. The molecule has 0 amide bonds. The van der Waals surface area contributed by atoms with Gasteiger partial charge in [0.25, 0.3) is 0 Å². The lowest BCUT2D eigenvalue weighted by Gasteiger charge is -2.08. The van der Waals surface area contributed by atoms with E-state index in [-0.39, 0.29) is 6.01 Å². The van der Waals surface area contributed by atoms with Gasteiger partial charge in [-0.25, -0.2) is 0 Å². The number of ether oxygens (including phenoxy) is 1. The van der Waals surface area contributed by atoms with Gasteiger partial charge in [-0.2, -0.15) is 20.1 Å². The number of rotatable bonds is 6. The number of hydrogen-bond acceptors (Lipinski definition) is 7. The smallest absolute Gasteiger partial charge is 0.323 e. The third kappa shape index (κ3) is 3.14. The highest BCUT2D eigenvalue weighted by atomic mass is 16.5. The van der Waals surface area contributed by atoms with Crippen molar-refractivity contribution < 1.29 is 4.74 Å². The second-order valence-electron chi connectivity index (χ2n) is 4.09. The summed E-state index contributed by atoms with van der Waals surface area (Å²) < 4.78 is 7.08. The number of hydrogen-bond donors (Lipinski definition) is 2. The molecule has 0 fully saturated rings. The maximum Gasteiger partial charge on any atom is 0.323 e. The van der Waals surface area contributed by atoms with Crippen molar-refractivity contribution in [3.05, 3.63) is 11.9 Å². The van der Waals surface area contributed by atoms with Gasteiger partial charge in [-0.3, -0.25) is 4.68 Å². The van der Waals surface area contributed by atoms with Crippen molar-refractivity contribution in [3.8, 4) is 6.01 Å². The Balaban J connectivity index is 2.29. The zero-order valence-corrected chi connectivity index (χ0v) is 12.1. The Labute approximate surface area is 117 Å². The second-order valence-corrected chi connectivity index (χ2v) is 4.09. The molecule has 2 aromatic heterocycles. The van der Waals surface area contributed by atoms with E-state index in [0.717, 1.165) is 17.8 Å². The molecular weight excluding hydrogens is 258 g/mol. The minimum atomic E-state index is 0.288. The first kappa shape index (κ1) is 14.0. The highest BCUT2D eigenvalue weighted by molar-refractivity contribution is 5.56. The molecule has 0 saturated carbocycles. The Hall–Kier alpha value is -2.38. The van der Waals surface area contributed by atoms with Crippen molar-refractivity contribution in [3.63, 3.8) is 0 Å². The van der Waals surface area contributed by atoms with Gasteiger partial charge in [0.05, 0.1) is 18.0 Å². The van der Waals surface area contributed by atoms with Crippen LogP contribution in [0.5, 0.6) is 6.01 Å². The molecule has 0 aliphatic rings. The van der Waals surface area contributed by atoms with Crippen molar-refractivity contribution in [2.24, 2.45) is 7.05 Å².